The Morgan fingerprint density at radius 3 is 2.29 bits per heavy atom. The third-order valence-corrected chi connectivity index (χ3v) is 8.04. The summed E-state index contributed by atoms with van der Waals surface area (Å²) < 4.78 is 0. The first-order valence-electron chi connectivity index (χ1n) is 8.00. The Morgan fingerprint density at radius 1 is 0.824 bits per heavy atom. The molecule has 0 nitrogen and oxygen atoms in total. The van der Waals surface area contributed by atoms with Gasteiger partial charge in [0, 0.05) is 0 Å². The van der Waals surface area contributed by atoms with E-state index in [-0.39, 0.29) is 0 Å². The lowest BCUT2D eigenvalue weighted by molar-refractivity contribution is -0.0461. The summed E-state index contributed by atoms with van der Waals surface area (Å²) in [5.74, 6) is 3.20. The van der Waals surface area contributed by atoms with Crippen molar-refractivity contribution >= 4 is 0 Å². The maximum atomic E-state index is 2.68. The highest BCUT2D eigenvalue weighted by Gasteiger charge is 2.69. The molecule has 0 N–H and O–H groups in total. The molecule has 4 rings (SSSR count). The van der Waals surface area contributed by atoms with Crippen molar-refractivity contribution in [3.05, 3.63) is 0 Å². The molecule has 5 atom stereocenters. The molecule has 0 bridgehead atoms. The van der Waals surface area contributed by atoms with E-state index in [4.69, 9.17) is 0 Å². The van der Waals surface area contributed by atoms with E-state index in [0.29, 0.717) is 5.41 Å². The number of hydrogen-bond acceptors (Lipinski definition) is 0. The maximum Gasteiger partial charge on any atom is -0.0209 e. The van der Waals surface area contributed by atoms with Gasteiger partial charge in [-0.1, -0.05) is 20.8 Å². The van der Waals surface area contributed by atoms with Crippen molar-refractivity contribution in [1.82, 2.24) is 0 Å². The van der Waals surface area contributed by atoms with Gasteiger partial charge in [0.1, 0.15) is 0 Å². The summed E-state index contributed by atoms with van der Waals surface area (Å²) in [6.07, 6.45) is 12.4. The topological polar surface area (TPSA) is 0 Å². The zero-order valence-corrected chi connectivity index (χ0v) is 11.9. The van der Waals surface area contributed by atoms with Crippen molar-refractivity contribution in [3.63, 3.8) is 0 Å². The predicted molar refractivity (Wildman–Crippen MR) is 71.7 cm³/mol. The monoisotopic (exact) mass is 232 g/mol. The minimum absolute atomic E-state index is 0.713. The molecule has 4 aliphatic carbocycles. The minimum atomic E-state index is 0.713. The third kappa shape index (κ3) is 1.21. The summed E-state index contributed by atoms with van der Waals surface area (Å²) in [6.45, 7) is 7.81. The summed E-state index contributed by atoms with van der Waals surface area (Å²) in [7, 11) is 0. The van der Waals surface area contributed by atoms with Crippen molar-refractivity contribution in [2.45, 2.75) is 72.1 Å². The first-order chi connectivity index (χ1) is 8.00. The van der Waals surface area contributed by atoms with E-state index < -0.39 is 0 Å². The molecule has 0 heterocycles. The molecular weight excluding hydrogens is 204 g/mol. The highest BCUT2D eigenvalue weighted by atomic mass is 14.7. The minimum Gasteiger partial charge on any atom is -0.0620 e. The van der Waals surface area contributed by atoms with E-state index in [1.54, 1.807) is 32.1 Å². The van der Waals surface area contributed by atoms with Crippen LogP contribution in [0.25, 0.3) is 0 Å². The molecule has 0 aromatic carbocycles. The Labute approximate surface area is 107 Å². The molecule has 4 saturated carbocycles. The second kappa shape index (κ2) is 2.94. The van der Waals surface area contributed by atoms with Gasteiger partial charge in [0.15, 0.2) is 0 Å². The van der Waals surface area contributed by atoms with Gasteiger partial charge in [0.05, 0.1) is 0 Å². The van der Waals surface area contributed by atoms with Crippen molar-refractivity contribution in [3.8, 4) is 0 Å². The fourth-order valence-electron chi connectivity index (χ4n) is 5.96. The van der Waals surface area contributed by atoms with Crippen LogP contribution in [0, 0.1) is 34.0 Å². The SMILES string of the molecule is C[C@H]1CC[C@H]2CC23CCC(C2(C)CC2)C[C@]13C. The van der Waals surface area contributed by atoms with Crippen molar-refractivity contribution in [2.24, 2.45) is 34.0 Å². The van der Waals surface area contributed by atoms with Gasteiger partial charge in [-0.3, -0.25) is 0 Å². The lowest BCUT2D eigenvalue weighted by atomic mass is 9.51. The van der Waals surface area contributed by atoms with Crippen LogP contribution in [0.4, 0.5) is 0 Å². The first-order valence-corrected chi connectivity index (χ1v) is 8.00. The molecule has 2 unspecified atom stereocenters. The van der Waals surface area contributed by atoms with Crippen molar-refractivity contribution < 1.29 is 0 Å². The van der Waals surface area contributed by atoms with E-state index in [1.807, 2.05) is 0 Å². The van der Waals surface area contributed by atoms with Gasteiger partial charge in [-0.25, -0.2) is 0 Å². The standard InChI is InChI=1S/C17H28/c1-12-4-5-14-11-17(14)7-6-13(10-16(12,17)3)15(2)8-9-15/h12-14H,4-11H2,1-3H3/t12-,13?,14-,16+,17?/m0/s1. The molecular formula is C17H28. The highest BCUT2D eigenvalue weighted by Crippen LogP contribution is 2.78. The van der Waals surface area contributed by atoms with Gasteiger partial charge in [0.25, 0.3) is 0 Å². The summed E-state index contributed by atoms with van der Waals surface area (Å²) >= 11 is 0. The molecule has 0 aromatic rings. The lowest BCUT2D eigenvalue weighted by Crippen LogP contribution is -2.46. The Bertz CT molecular complexity index is 353. The highest BCUT2D eigenvalue weighted by molar-refractivity contribution is 5.19. The quantitative estimate of drug-likeness (QED) is 0.595. The van der Waals surface area contributed by atoms with Crippen LogP contribution in [-0.2, 0) is 0 Å². The molecule has 4 fully saturated rings. The average Bonchev–Trinajstić information content (AvgIpc) is 3.18. The molecule has 1 spiro atoms. The third-order valence-electron chi connectivity index (χ3n) is 8.04. The van der Waals surface area contributed by atoms with E-state index in [9.17, 15) is 0 Å². The zero-order chi connectivity index (χ0) is 11.9. The van der Waals surface area contributed by atoms with Gasteiger partial charge in [-0.2, -0.15) is 0 Å². The summed E-state index contributed by atoms with van der Waals surface area (Å²) in [6, 6.07) is 0. The number of hydrogen-bond donors (Lipinski definition) is 0. The zero-order valence-electron chi connectivity index (χ0n) is 11.9. The van der Waals surface area contributed by atoms with Crippen LogP contribution < -0.4 is 0 Å². The van der Waals surface area contributed by atoms with E-state index >= 15 is 0 Å². The van der Waals surface area contributed by atoms with Crippen LogP contribution in [0.2, 0.25) is 0 Å². The Morgan fingerprint density at radius 2 is 1.59 bits per heavy atom. The average molecular weight is 232 g/mol. The summed E-state index contributed by atoms with van der Waals surface area (Å²) in [5.41, 5.74) is 2.31. The van der Waals surface area contributed by atoms with Gasteiger partial charge in [-0.05, 0) is 85.4 Å². The molecule has 4 aliphatic rings. The molecule has 0 radical (unpaired) electrons. The first kappa shape index (κ1) is 10.9. The second-order valence-electron chi connectivity index (χ2n) is 8.55. The van der Waals surface area contributed by atoms with E-state index in [0.717, 1.165) is 28.6 Å². The van der Waals surface area contributed by atoms with Crippen LogP contribution in [0.1, 0.15) is 72.1 Å². The van der Waals surface area contributed by atoms with E-state index in [1.165, 1.54) is 19.3 Å². The molecule has 0 aromatic heterocycles. The smallest absolute Gasteiger partial charge is 0.0209 e. The van der Waals surface area contributed by atoms with Crippen LogP contribution in [-0.4, -0.2) is 0 Å². The fraction of sp³-hybridized carbons (Fsp3) is 1.00. The summed E-state index contributed by atoms with van der Waals surface area (Å²) in [4.78, 5) is 0. The molecule has 0 aliphatic heterocycles. The molecule has 0 amide bonds. The van der Waals surface area contributed by atoms with Gasteiger partial charge < -0.3 is 0 Å². The molecule has 0 saturated heterocycles. The van der Waals surface area contributed by atoms with Crippen LogP contribution in [0.3, 0.4) is 0 Å². The van der Waals surface area contributed by atoms with Crippen molar-refractivity contribution in [2.75, 3.05) is 0 Å². The summed E-state index contributed by atoms with van der Waals surface area (Å²) in [5, 5.41) is 0. The normalized spacial score (nSPS) is 59.1. The van der Waals surface area contributed by atoms with E-state index in [2.05, 4.69) is 20.8 Å². The van der Waals surface area contributed by atoms with Crippen LogP contribution in [0.5, 0.6) is 0 Å². The van der Waals surface area contributed by atoms with Crippen molar-refractivity contribution in [1.29, 1.82) is 0 Å². The van der Waals surface area contributed by atoms with Gasteiger partial charge in [0.2, 0.25) is 0 Å². The Kier molecular flexibility index (Phi) is 1.88. The second-order valence-corrected chi connectivity index (χ2v) is 8.55. The number of rotatable bonds is 1. The fourth-order valence-corrected chi connectivity index (χ4v) is 5.96. The largest absolute Gasteiger partial charge is 0.0620 e. The van der Waals surface area contributed by atoms with Crippen LogP contribution in [0.15, 0.2) is 0 Å². The predicted octanol–water partition coefficient (Wildman–Crippen LogP) is 5.03. The van der Waals surface area contributed by atoms with Gasteiger partial charge in [-0.15, -0.1) is 0 Å². The molecule has 96 valence electrons. The van der Waals surface area contributed by atoms with Crippen LogP contribution >= 0.6 is 0 Å². The maximum absolute atomic E-state index is 2.68. The lowest BCUT2D eigenvalue weighted by Gasteiger charge is -2.54. The Hall–Kier alpha value is 0. The van der Waals surface area contributed by atoms with Gasteiger partial charge >= 0.3 is 0 Å². The Balaban J connectivity index is 1.64. The molecule has 0 heteroatoms. The molecule has 17 heavy (non-hydrogen) atoms.